The molecule has 0 bridgehead atoms. The molecule has 0 saturated carbocycles. The van der Waals surface area contributed by atoms with Crippen LogP contribution in [0.5, 0.6) is 0 Å². The van der Waals surface area contributed by atoms with Gasteiger partial charge in [0.15, 0.2) is 0 Å². The highest BCUT2D eigenvalue weighted by molar-refractivity contribution is 6.40. The fourth-order valence-corrected chi connectivity index (χ4v) is 3.10. The van der Waals surface area contributed by atoms with Crippen LogP contribution >= 0.6 is 0 Å². The topological polar surface area (TPSA) is 122 Å². The lowest BCUT2D eigenvalue weighted by atomic mass is 10.0. The monoisotopic (exact) mass is 419 g/mol. The van der Waals surface area contributed by atoms with Gasteiger partial charge in [0.2, 0.25) is 5.95 Å². The molecule has 4 N–H and O–H groups in total. The summed E-state index contributed by atoms with van der Waals surface area (Å²) in [5, 5.41) is 18.2. The molecule has 0 aliphatic heterocycles. The first-order valence-electron chi connectivity index (χ1n) is 10.2. The molecule has 0 amide bonds. The number of nitrogens with one attached hydrogen (secondary N) is 1. The average Bonchev–Trinajstić information content (AvgIpc) is 2.71. The highest BCUT2D eigenvalue weighted by Gasteiger charge is 2.18. The Hall–Kier alpha value is -3.39. The molecule has 0 aliphatic rings. The number of anilines is 1. The number of aryl methyl sites for hydroxylation is 1. The predicted molar refractivity (Wildman–Crippen MR) is 125 cm³/mol. The second kappa shape index (κ2) is 9.18. The molecule has 3 rings (SSSR count). The molecule has 162 valence electrons. The summed E-state index contributed by atoms with van der Waals surface area (Å²) in [7, 11) is 0. The van der Waals surface area contributed by atoms with E-state index in [9.17, 15) is 5.11 Å². The van der Waals surface area contributed by atoms with Crippen LogP contribution in [-0.2, 0) is 12.1 Å². The third-order valence-electron chi connectivity index (χ3n) is 4.63. The van der Waals surface area contributed by atoms with Crippen LogP contribution in [0.3, 0.4) is 0 Å². The van der Waals surface area contributed by atoms with Gasteiger partial charge < -0.3 is 16.3 Å². The Bertz CT molecular complexity index is 1130. The van der Waals surface area contributed by atoms with Crippen LogP contribution in [0.15, 0.2) is 46.5 Å². The van der Waals surface area contributed by atoms with Crippen LogP contribution in [-0.4, -0.2) is 38.0 Å². The summed E-state index contributed by atoms with van der Waals surface area (Å²) in [5.41, 5.74) is 3.25. The van der Waals surface area contributed by atoms with Gasteiger partial charge in [0.25, 0.3) is 0 Å². The molecule has 0 atom stereocenters. The summed E-state index contributed by atoms with van der Waals surface area (Å²) in [5.74, 6) is 6.23. The smallest absolute Gasteiger partial charge is 0.224 e. The van der Waals surface area contributed by atoms with Gasteiger partial charge in [-0.15, -0.1) is 0 Å². The van der Waals surface area contributed by atoms with E-state index in [1.807, 2.05) is 51.1 Å². The summed E-state index contributed by atoms with van der Waals surface area (Å²) < 4.78 is 0. The molecule has 0 aliphatic carbocycles. The Kier molecular flexibility index (Phi) is 6.60. The molecule has 1 aromatic carbocycles. The largest absolute Gasteiger partial charge is 0.384 e. The van der Waals surface area contributed by atoms with Crippen LogP contribution in [0.1, 0.15) is 50.3 Å². The average molecular weight is 420 g/mol. The van der Waals surface area contributed by atoms with Gasteiger partial charge in [0, 0.05) is 11.4 Å². The van der Waals surface area contributed by atoms with Crippen LogP contribution in [0.4, 0.5) is 5.95 Å². The van der Waals surface area contributed by atoms with Crippen LogP contribution < -0.4 is 11.2 Å². The Morgan fingerprint density at radius 1 is 1.16 bits per heavy atom. The van der Waals surface area contributed by atoms with Crippen molar-refractivity contribution in [2.24, 2.45) is 15.9 Å². The van der Waals surface area contributed by atoms with Gasteiger partial charge in [-0.05, 0) is 52.3 Å². The first-order chi connectivity index (χ1) is 14.7. The maximum absolute atomic E-state index is 10.2. The third-order valence-corrected chi connectivity index (χ3v) is 4.63. The fourth-order valence-electron chi connectivity index (χ4n) is 3.10. The van der Waals surface area contributed by atoms with E-state index in [-0.39, 0.29) is 6.04 Å². The van der Waals surface area contributed by atoms with Gasteiger partial charge in [-0.1, -0.05) is 24.3 Å². The molecule has 8 nitrogen and oxygen atoms in total. The Labute approximate surface area is 182 Å². The van der Waals surface area contributed by atoms with Crippen molar-refractivity contribution < 1.29 is 5.11 Å². The number of hydrogen-bond acceptors (Lipinski definition) is 8. The zero-order valence-corrected chi connectivity index (χ0v) is 18.6. The minimum absolute atomic E-state index is 0.176. The number of aliphatic imine (C=N–C) groups is 1. The maximum atomic E-state index is 10.2. The van der Waals surface area contributed by atoms with Crippen molar-refractivity contribution in [3.05, 3.63) is 59.0 Å². The second-order valence-electron chi connectivity index (χ2n) is 8.22. The zero-order valence-electron chi connectivity index (χ0n) is 18.6. The number of aromatic nitrogens is 3. The number of nitrogens with zero attached hydrogens (tertiary/aromatic N) is 5. The van der Waals surface area contributed by atoms with Crippen molar-refractivity contribution in [3.8, 4) is 0 Å². The highest BCUT2D eigenvalue weighted by Crippen LogP contribution is 2.22. The fraction of sp³-hybridized carbons (Fsp3) is 0.348. The Morgan fingerprint density at radius 3 is 2.58 bits per heavy atom. The van der Waals surface area contributed by atoms with Crippen LogP contribution in [0.25, 0.3) is 10.9 Å². The quantitative estimate of drug-likeness (QED) is 0.307. The van der Waals surface area contributed by atoms with E-state index >= 15 is 0 Å². The molecule has 0 saturated heterocycles. The highest BCUT2D eigenvalue weighted by atomic mass is 16.3. The van der Waals surface area contributed by atoms with E-state index in [0.717, 1.165) is 22.2 Å². The number of hydrogen-bond donors (Lipinski definition) is 3. The molecular weight excluding hydrogens is 390 g/mol. The van der Waals surface area contributed by atoms with Crippen LogP contribution in [0, 0.1) is 6.92 Å². The van der Waals surface area contributed by atoms with Crippen molar-refractivity contribution in [2.45, 2.75) is 52.8 Å². The molecule has 0 fully saturated rings. The number of benzene rings is 1. The van der Waals surface area contributed by atoms with Crippen molar-refractivity contribution in [2.75, 3.05) is 5.32 Å². The Balaban J connectivity index is 1.95. The first kappa shape index (κ1) is 22.3. The normalized spacial score (nSPS) is 12.8. The maximum Gasteiger partial charge on any atom is 0.224 e. The summed E-state index contributed by atoms with van der Waals surface area (Å²) in [6.45, 7) is 9.78. The molecule has 31 heavy (non-hydrogen) atoms. The SMILES string of the molecule is Cc1cccc2c(C(C=NCc3cccc(C(C)(C)O)n3)=NN)nc(NC(C)C)nc12. The molecule has 2 aromatic heterocycles. The first-order valence-corrected chi connectivity index (χ1v) is 10.2. The van der Waals surface area contributed by atoms with E-state index in [2.05, 4.69) is 30.4 Å². The van der Waals surface area contributed by atoms with Gasteiger partial charge in [0.1, 0.15) is 17.0 Å². The van der Waals surface area contributed by atoms with Gasteiger partial charge in [-0.2, -0.15) is 5.10 Å². The van der Waals surface area contributed by atoms with Crippen molar-refractivity contribution in [1.29, 1.82) is 0 Å². The number of pyridine rings is 1. The predicted octanol–water partition coefficient (Wildman–Crippen LogP) is 3.31. The van der Waals surface area contributed by atoms with E-state index in [1.54, 1.807) is 26.1 Å². The number of aliphatic hydroxyl groups is 1. The summed E-state index contributed by atoms with van der Waals surface area (Å²) in [6.07, 6.45) is 1.60. The molecule has 2 heterocycles. The standard InChI is InChI=1S/C23H29N7O/c1-14(2)26-22-28-20-15(3)8-6-10-17(20)21(29-22)18(30-24)13-25-12-16-9-7-11-19(27-16)23(4,5)31/h6-11,13-14,31H,12,24H2,1-5H3,(H,26,28,29). The lowest BCUT2D eigenvalue weighted by Crippen LogP contribution is -2.18. The lowest BCUT2D eigenvalue weighted by molar-refractivity contribution is 0.0736. The number of rotatable bonds is 7. The molecule has 0 radical (unpaired) electrons. The van der Waals surface area contributed by atoms with Crippen molar-refractivity contribution in [3.63, 3.8) is 0 Å². The van der Waals surface area contributed by atoms with Crippen molar-refractivity contribution >= 4 is 28.8 Å². The van der Waals surface area contributed by atoms with Gasteiger partial charge in [-0.25, -0.2) is 9.97 Å². The zero-order chi connectivity index (χ0) is 22.6. The molecule has 0 unspecified atom stereocenters. The molecule has 3 aromatic rings. The minimum atomic E-state index is -1.01. The second-order valence-corrected chi connectivity index (χ2v) is 8.22. The Morgan fingerprint density at radius 2 is 1.90 bits per heavy atom. The lowest BCUT2D eigenvalue weighted by Gasteiger charge is -2.16. The summed E-state index contributed by atoms with van der Waals surface area (Å²) >= 11 is 0. The minimum Gasteiger partial charge on any atom is -0.384 e. The van der Waals surface area contributed by atoms with Gasteiger partial charge in [-0.3, -0.25) is 9.98 Å². The third kappa shape index (κ3) is 5.40. The van der Waals surface area contributed by atoms with E-state index in [4.69, 9.17) is 5.84 Å². The van der Waals surface area contributed by atoms with E-state index < -0.39 is 5.60 Å². The van der Waals surface area contributed by atoms with E-state index in [1.165, 1.54) is 0 Å². The van der Waals surface area contributed by atoms with Gasteiger partial charge in [0.05, 0.1) is 29.7 Å². The number of fused-ring (bicyclic) bond motifs is 1. The van der Waals surface area contributed by atoms with Crippen LogP contribution in [0.2, 0.25) is 0 Å². The molecular formula is C23H29N7O. The number of para-hydroxylation sites is 1. The number of nitrogens with two attached hydrogens (primary N) is 1. The molecule has 0 spiro atoms. The number of hydrazone groups is 1. The molecule has 8 heteroatoms. The van der Waals surface area contributed by atoms with E-state index in [0.29, 0.717) is 29.6 Å². The summed E-state index contributed by atoms with van der Waals surface area (Å²) in [6, 6.07) is 11.6. The van der Waals surface area contributed by atoms with Crippen molar-refractivity contribution in [1.82, 2.24) is 15.0 Å². The van der Waals surface area contributed by atoms with Gasteiger partial charge >= 0.3 is 0 Å². The summed E-state index contributed by atoms with van der Waals surface area (Å²) in [4.78, 5) is 18.3.